The van der Waals surface area contributed by atoms with E-state index in [9.17, 15) is 33.9 Å². The van der Waals surface area contributed by atoms with Gasteiger partial charge in [-0.25, -0.2) is 0 Å². The number of likely N-dealkylation sites (tertiary alicyclic amines) is 1. The van der Waals surface area contributed by atoms with Crippen molar-refractivity contribution >= 4 is 35.6 Å². The molecule has 2 aromatic carbocycles. The standard InChI is InChI=1S/C50H76N4O8/c1-4-5-6-7-8-9-10-11-12-13-14-15-16-17-24-29-47(58)62-41-30-32-54(33-31-41)50(61)44(35-39-25-20-18-21-26-39)53-49(60)43(37-46(56)57)52-48(59)42(34-38(2)3)51-45(55)36-40-27-22-19-23-28-40/h18-23,25-28,38,41-44H,4-17,24,29-37H2,1-3H3,(H,51,55)(H,52,59)(H,53,60)(H,56,57)/t42-,43-,44-/m0/s1. The molecule has 12 heteroatoms. The number of esters is 1. The zero-order chi connectivity index (χ0) is 45.0. The number of nitrogens with one attached hydrogen (secondary N) is 3. The number of ether oxygens (including phenoxy) is 1. The fraction of sp³-hybridized carbons (Fsp3) is 0.640. The molecule has 3 atom stereocenters. The minimum absolute atomic E-state index is 0.00569. The van der Waals surface area contributed by atoms with Crippen LogP contribution in [0.4, 0.5) is 0 Å². The Morgan fingerprint density at radius 2 is 1.13 bits per heavy atom. The monoisotopic (exact) mass is 861 g/mol. The first kappa shape index (κ1) is 51.6. The van der Waals surface area contributed by atoms with Crippen molar-refractivity contribution in [3.05, 3.63) is 71.8 Å². The van der Waals surface area contributed by atoms with E-state index in [4.69, 9.17) is 4.74 Å². The van der Waals surface area contributed by atoms with Crippen LogP contribution in [0.2, 0.25) is 0 Å². The van der Waals surface area contributed by atoms with Crippen LogP contribution in [0.25, 0.3) is 0 Å². The number of carbonyl (C=O) groups is 6. The van der Waals surface area contributed by atoms with E-state index >= 15 is 0 Å². The molecule has 344 valence electrons. The molecule has 0 aromatic heterocycles. The molecule has 0 saturated carbocycles. The summed E-state index contributed by atoms with van der Waals surface area (Å²) in [5, 5.41) is 17.8. The third-order valence-electron chi connectivity index (χ3n) is 11.5. The molecular formula is C50H76N4O8. The topological polar surface area (TPSA) is 171 Å². The van der Waals surface area contributed by atoms with E-state index in [0.29, 0.717) is 32.4 Å². The smallest absolute Gasteiger partial charge is 0.306 e. The SMILES string of the molecule is CCCCCCCCCCCCCCCCCC(=O)OC1CCN(C(=O)[C@H](Cc2ccccc2)NC(=O)[C@H](CC(=O)O)NC(=O)[C@H](CC(C)C)NC(=O)Cc2ccccc2)CC1. The Kier molecular flexibility index (Phi) is 25.2. The number of rotatable bonds is 31. The maximum atomic E-state index is 14.1. The fourth-order valence-corrected chi connectivity index (χ4v) is 8.01. The van der Waals surface area contributed by atoms with Crippen LogP contribution in [-0.2, 0) is 46.3 Å². The van der Waals surface area contributed by atoms with Gasteiger partial charge in [0.25, 0.3) is 0 Å². The maximum Gasteiger partial charge on any atom is 0.306 e. The molecule has 1 aliphatic heterocycles. The summed E-state index contributed by atoms with van der Waals surface area (Å²) < 4.78 is 5.79. The summed E-state index contributed by atoms with van der Waals surface area (Å²) in [6, 6.07) is 14.6. The first-order valence-corrected chi connectivity index (χ1v) is 23.6. The highest BCUT2D eigenvalue weighted by atomic mass is 16.5. The molecule has 3 rings (SSSR count). The number of aliphatic carboxylic acids is 1. The lowest BCUT2D eigenvalue weighted by molar-refractivity contribution is -0.152. The van der Waals surface area contributed by atoms with Gasteiger partial charge in [0.15, 0.2) is 0 Å². The molecule has 1 heterocycles. The zero-order valence-electron chi connectivity index (χ0n) is 37.9. The van der Waals surface area contributed by atoms with Gasteiger partial charge < -0.3 is 30.7 Å². The van der Waals surface area contributed by atoms with Gasteiger partial charge in [0.05, 0.1) is 12.8 Å². The number of carboxylic acid groups (broad SMARTS) is 1. The number of hydrogen-bond donors (Lipinski definition) is 4. The molecule has 0 unspecified atom stereocenters. The van der Waals surface area contributed by atoms with Crippen molar-refractivity contribution in [2.45, 2.75) is 186 Å². The van der Waals surface area contributed by atoms with Gasteiger partial charge in [-0.1, -0.05) is 171 Å². The lowest BCUT2D eigenvalue weighted by Crippen LogP contribution is -2.58. The number of carbonyl (C=O) groups excluding carboxylic acids is 5. The Labute approximate surface area is 371 Å². The van der Waals surface area contributed by atoms with Gasteiger partial charge >= 0.3 is 11.9 Å². The minimum Gasteiger partial charge on any atom is -0.481 e. The van der Waals surface area contributed by atoms with Gasteiger partial charge in [-0.3, -0.25) is 28.8 Å². The maximum absolute atomic E-state index is 14.1. The third-order valence-corrected chi connectivity index (χ3v) is 11.5. The molecule has 62 heavy (non-hydrogen) atoms. The quantitative estimate of drug-likeness (QED) is 0.0434. The fourth-order valence-electron chi connectivity index (χ4n) is 8.01. The molecule has 0 spiro atoms. The average Bonchev–Trinajstić information content (AvgIpc) is 3.24. The zero-order valence-corrected chi connectivity index (χ0v) is 37.9. The number of unbranched alkanes of at least 4 members (excludes halogenated alkanes) is 14. The number of carboxylic acids is 1. The van der Waals surface area contributed by atoms with Gasteiger partial charge in [-0.15, -0.1) is 0 Å². The summed E-state index contributed by atoms with van der Waals surface area (Å²) in [5.41, 5.74) is 1.55. The van der Waals surface area contributed by atoms with Crippen molar-refractivity contribution in [1.29, 1.82) is 0 Å². The van der Waals surface area contributed by atoms with E-state index in [1.807, 2.05) is 62.4 Å². The number of piperidine rings is 1. The predicted octanol–water partition coefficient (Wildman–Crippen LogP) is 8.24. The third kappa shape index (κ3) is 21.9. The van der Waals surface area contributed by atoms with Crippen LogP contribution in [0.15, 0.2) is 60.7 Å². The molecule has 0 radical (unpaired) electrons. The van der Waals surface area contributed by atoms with Crippen LogP contribution in [-0.4, -0.2) is 82.9 Å². The van der Waals surface area contributed by atoms with E-state index < -0.39 is 42.3 Å². The van der Waals surface area contributed by atoms with Crippen molar-refractivity contribution in [1.82, 2.24) is 20.9 Å². The average molecular weight is 861 g/mol. The second-order valence-corrected chi connectivity index (χ2v) is 17.5. The summed E-state index contributed by atoms with van der Waals surface area (Å²) in [5.74, 6) is -3.79. The van der Waals surface area contributed by atoms with Gasteiger partial charge in [-0.05, 0) is 29.9 Å². The molecule has 1 aliphatic rings. The van der Waals surface area contributed by atoms with E-state index in [1.165, 1.54) is 77.0 Å². The first-order valence-electron chi connectivity index (χ1n) is 23.6. The highest BCUT2D eigenvalue weighted by molar-refractivity contribution is 5.96. The normalized spacial score (nSPS) is 14.4. The molecule has 12 nitrogen and oxygen atoms in total. The van der Waals surface area contributed by atoms with Crippen molar-refractivity contribution in [3.8, 4) is 0 Å². The molecule has 0 bridgehead atoms. The van der Waals surface area contributed by atoms with E-state index in [1.54, 1.807) is 17.0 Å². The van der Waals surface area contributed by atoms with Crippen LogP contribution >= 0.6 is 0 Å². The van der Waals surface area contributed by atoms with Crippen LogP contribution in [0.3, 0.4) is 0 Å². The Balaban J connectivity index is 1.47. The number of nitrogens with zero attached hydrogens (tertiary/aromatic N) is 1. The summed E-state index contributed by atoms with van der Waals surface area (Å²) in [6.07, 6.45) is 19.6. The van der Waals surface area contributed by atoms with Gasteiger partial charge in [0.2, 0.25) is 23.6 Å². The Hall–Kier alpha value is -4.74. The summed E-state index contributed by atoms with van der Waals surface area (Å²) in [7, 11) is 0. The van der Waals surface area contributed by atoms with Crippen LogP contribution in [0, 0.1) is 5.92 Å². The molecule has 4 N–H and O–H groups in total. The molecule has 2 aromatic rings. The van der Waals surface area contributed by atoms with Crippen molar-refractivity contribution < 1.29 is 38.6 Å². The van der Waals surface area contributed by atoms with Gasteiger partial charge in [0, 0.05) is 38.8 Å². The predicted molar refractivity (Wildman–Crippen MR) is 243 cm³/mol. The van der Waals surface area contributed by atoms with Crippen LogP contribution in [0.5, 0.6) is 0 Å². The van der Waals surface area contributed by atoms with E-state index in [0.717, 1.165) is 30.4 Å². The molecule has 1 fully saturated rings. The molecular weight excluding hydrogens is 785 g/mol. The van der Waals surface area contributed by atoms with Crippen molar-refractivity contribution in [3.63, 3.8) is 0 Å². The summed E-state index contributed by atoms with van der Waals surface area (Å²) >= 11 is 0. The molecule has 4 amide bonds. The Morgan fingerprint density at radius 1 is 0.645 bits per heavy atom. The lowest BCUT2D eigenvalue weighted by atomic mass is 10.0. The van der Waals surface area contributed by atoms with E-state index in [-0.39, 0.29) is 49.1 Å². The van der Waals surface area contributed by atoms with Crippen molar-refractivity contribution in [2.75, 3.05) is 13.1 Å². The Bertz CT molecular complexity index is 1610. The van der Waals surface area contributed by atoms with E-state index in [2.05, 4.69) is 22.9 Å². The summed E-state index contributed by atoms with van der Waals surface area (Å²) in [4.78, 5) is 80.7. The largest absolute Gasteiger partial charge is 0.481 e. The van der Waals surface area contributed by atoms with Crippen molar-refractivity contribution in [2.24, 2.45) is 5.92 Å². The number of benzene rings is 2. The van der Waals surface area contributed by atoms with Gasteiger partial charge in [0.1, 0.15) is 24.2 Å². The highest BCUT2D eigenvalue weighted by Gasteiger charge is 2.34. The second kappa shape index (κ2) is 30.3. The molecule has 1 saturated heterocycles. The number of hydrogen-bond acceptors (Lipinski definition) is 7. The Morgan fingerprint density at radius 3 is 1.65 bits per heavy atom. The summed E-state index contributed by atoms with van der Waals surface area (Å²) in [6.45, 7) is 6.68. The van der Waals surface area contributed by atoms with Crippen LogP contribution in [0.1, 0.15) is 160 Å². The van der Waals surface area contributed by atoms with Gasteiger partial charge in [-0.2, -0.15) is 0 Å². The second-order valence-electron chi connectivity index (χ2n) is 17.5. The highest BCUT2D eigenvalue weighted by Crippen LogP contribution is 2.19. The molecule has 0 aliphatic carbocycles. The number of amides is 4. The minimum atomic E-state index is -1.51. The lowest BCUT2D eigenvalue weighted by Gasteiger charge is -2.34. The van der Waals surface area contributed by atoms with Crippen LogP contribution < -0.4 is 16.0 Å². The first-order chi connectivity index (χ1) is 29.9.